The van der Waals surface area contributed by atoms with Gasteiger partial charge in [0.1, 0.15) is 0 Å². The van der Waals surface area contributed by atoms with Crippen LogP contribution in [0.15, 0.2) is 24.3 Å². The van der Waals surface area contributed by atoms with Gasteiger partial charge in [-0.25, -0.2) is 0 Å². The van der Waals surface area contributed by atoms with E-state index in [1.807, 2.05) is 0 Å². The molecule has 1 atom stereocenters. The molecule has 0 spiro atoms. The van der Waals surface area contributed by atoms with Gasteiger partial charge in [-0.3, -0.25) is 4.79 Å². The number of aliphatic hydroxyl groups excluding tert-OH is 1. The summed E-state index contributed by atoms with van der Waals surface area (Å²) in [6.07, 6.45) is -6.68. The molecule has 0 saturated carbocycles. The molecule has 1 unspecified atom stereocenters. The number of alkyl halides is 3. The monoisotopic (exact) mass is 261 g/mol. The second-order valence-corrected chi connectivity index (χ2v) is 3.96. The van der Waals surface area contributed by atoms with Crippen LogP contribution in [0, 0.1) is 0 Å². The van der Waals surface area contributed by atoms with Gasteiger partial charge in [-0.2, -0.15) is 13.2 Å². The van der Waals surface area contributed by atoms with Crippen LogP contribution in [0.2, 0.25) is 0 Å². The van der Waals surface area contributed by atoms with E-state index in [0.717, 1.165) is 0 Å². The summed E-state index contributed by atoms with van der Waals surface area (Å²) in [5.41, 5.74) is 1.08. The molecule has 1 rings (SSSR count). The normalized spacial score (nSPS) is 13.2. The number of benzene rings is 1. The fourth-order valence-corrected chi connectivity index (χ4v) is 1.32. The minimum Gasteiger partial charge on any atom is -0.389 e. The van der Waals surface area contributed by atoms with Crippen molar-refractivity contribution in [1.82, 2.24) is 0 Å². The molecule has 6 heteroatoms. The number of rotatable bonds is 4. The molecule has 0 bridgehead atoms. The van der Waals surface area contributed by atoms with Crippen molar-refractivity contribution in [3.63, 3.8) is 0 Å². The van der Waals surface area contributed by atoms with Crippen molar-refractivity contribution in [2.75, 3.05) is 5.32 Å². The van der Waals surface area contributed by atoms with Gasteiger partial charge < -0.3 is 10.4 Å². The molecule has 1 amide bonds. The van der Waals surface area contributed by atoms with Crippen LogP contribution in [0.25, 0.3) is 0 Å². The van der Waals surface area contributed by atoms with E-state index < -0.39 is 31.0 Å². The van der Waals surface area contributed by atoms with E-state index in [4.69, 9.17) is 0 Å². The van der Waals surface area contributed by atoms with Gasteiger partial charge in [0.15, 0.2) is 0 Å². The van der Waals surface area contributed by atoms with E-state index >= 15 is 0 Å². The van der Waals surface area contributed by atoms with Crippen molar-refractivity contribution in [3.05, 3.63) is 29.8 Å². The lowest BCUT2D eigenvalue weighted by Crippen LogP contribution is -2.16. The summed E-state index contributed by atoms with van der Waals surface area (Å²) in [5.74, 6) is -0.683. The average Bonchev–Trinajstić information content (AvgIpc) is 2.26. The first-order chi connectivity index (χ1) is 8.28. The van der Waals surface area contributed by atoms with E-state index in [1.165, 1.54) is 12.1 Å². The number of aliphatic hydroxyl groups is 1. The fraction of sp³-hybridized carbons (Fsp3) is 0.417. The molecule has 100 valence electrons. The first-order valence-electron chi connectivity index (χ1n) is 5.42. The largest absolute Gasteiger partial charge is 0.389 e. The molecule has 0 heterocycles. The highest BCUT2D eigenvalue weighted by Gasteiger charge is 2.27. The molecule has 0 aliphatic rings. The third-order valence-corrected chi connectivity index (χ3v) is 2.31. The van der Waals surface area contributed by atoms with Crippen molar-refractivity contribution in [2.24, 2.45) is 0 Å². The average molecular weight is 261 g/mol. The highest BCUT2D eigenvalue weighted by molar-refractivity contribution is 5.90. The van der Waals surface area contributed by atoms with E-state index in [0.29, 0.717) is 11.3 Å². The molecule has 18 heavy (non-hydrogen) atoms. The summed E-state index contributed by atoms with van der Waals surface area (Å²) in [5, 5.41) is 11.6. The Hall–Kier alpha value is -1.56. The highest BCUT2D eigenvalue weighted by atomic mass is 19.4. The van der Waals surface area contributed by atoms with Crippen molar-refractivity contribution in [2.45, 2.75) is 32.0 Å². The van der Waals surface area contributed by atoms with Gasteiger partial charge >= 0.3 is 6.18 Å². The Labute approximate surface area is 103 Å². The Morgan fingerprint density at radius 3 is 2.33 bits per heavy atom. The predicted molar refractivity (Wildman–Crippen MR) is 61.0 cm³/mol. The Balaban J connectivity index is 2.50. The van der Waals surface area contributed by atoms with Gasteiger partial charge in [-0.15, -0.1) is 0 Å². The Morgan fingerprint density at radius 1 is 1.33 bits per heavy atom. The van der Waals surface area contributed by atoms with Crippen LogP contribution in [0.3, 0.4) is 0 Å². The number of hydrogen-bond acceptors (Lipinski definition) is 2. The number of carbonyl (C=O) groups excluding carboxylic acids is 1. The Morgan fingerprint density at radius 2 is 1.89 bits per heavy atom. The lowest BCUT2D eigenvalue weighted by molar-refractivity contribution is -0.142. The molecule has 1 aromatic carbocycles. The number of anilines is 1. The molecule has 0 aromatic heterocycles. The van der Waals surface area contributed by atoms with Gasteiger partial charge in [0.25, 0.3) is 0 Å². The third kappa shape index (κ3) is 5.18. The van der Waals surface area contributed by atoms with Crippen LogP contribution in [0.4, 0.5) is 18.9 Å². The topological polar surface area (TPSA) is 49.3 Å². The maximum absolute atomic E-state index is 11.9. The molecule has 0 saturated heterocycles. The molecule has 0 radical (unpaired) electrons. The standard InChI is InChI=1S/C12H14F3NO2/c1-8(17)9-2-4-10(5-3-9)16-11(18)6-7-12(13,14)15/h2-5,8,17H,6-7H2,1H3,(H,16,18). The van der Waals surface area contributed by atoms with Crippen molar-refractivity contribution in [1.29, 1.82) is 0 Å². The quantitative estimate of drug-likeness (QED) is 0.875. The smallest absolute Gasteiger partial charge is 0.389 e. The minimum absolute atomic E-state index is 0.409. The lowest BCUT2D eigenvalue weighted by Gasteiger charge is -2.09. The second-order valence-electron chi connectivity index (χ2n) is 3.96. The van der Waals surface area contributed by atoms with E-state index in [9.17, 15) is 23.1 Å². The van der Waals surface area contributed by atoms with Crippen LogP contribution in [0.1, 0.15) is 31.4 Å². The molecular weight excluding hydrogens is 247 g/mol. The van der Waals surface area contributed by atoms with Crippen LogP contribution in [-0.4, -0.2) is 17.2 Å². The van der Waals surface area contributed by atoms with Crippen LogP contribution in [-0.2, 0) is 4.79 Å². The van der Waals surface area contributed by atoms with Crippen molar-refractivity contribution in [3.8, 4) is 0 Å². The Kier molecular flexibility index (Phi) is 4.72. The number of amides is 1. The van der Waals surface area contributed by atoms with Gasteiger partial charge in [-0.1, -0.05) is 12.1 Å². The van der Waals surface area contributed by atoms with Crippen LogP contribution < -0.4 is 5.32 Å². The fourth-order valence-electron chi connectivity index (χ4n) is 1.32. The second kappa shape index (κ2) is 5.86. The number of hydrogen-bond donors (Lipinski definition) is 2. The predicted octanol–water partition coefficient (Wildman–Crippen LogP) is 3.02. The molecular formula is C12H14F3NO2. The zero-order valence-corrected chi connectivity index (χ0v) is 9.79. The molecule has 1 aromatic rings. The maximum atomic E-state index is 11.9. The van der Waals surface area contributed by atoms with Gasteiger partial charge in [0, 0.05) is 12.1 Å². The lowest BCUT2D eigenvalue weighted by atomic mass is 10.1. The van der Waals surface area contributed by atoms with Crippen LogP contribution >= 0.6 is 0 Å². The molecule has 0 fully saturated rings. The summed E-state index contributed by atoms with van der Waals surface area (Å²) in [4.78, 5) is 11.2. The third-order valence-electron chi connectivity index (χ3n) is 2.31. The van der Waals surface area contributed by atoms with E-state index in [-0.39, 0.29) is 0 Å². The summed E-state index contributed by atoms with van der Waals surface area (Å²) < 4.78 is 35.7. The summed E-state index contributed by atoms with van der Waals surface area (Å²) in [6, 6.07) is 6.27. The zero-order chi connectivity index (χ0) is 13.8. The first-order valence-corrected chi connectivity index (χ1v) is 5.42. The van der Waals surface area contributed by atoms with Gasteiger partial charge in [0.2, 0.25) is 5.91 Å². The maximum Gasteiger partial charge on any atom is 0.389 e. The highest BCUT2D eigenvalue weighted by Crippen LogP contribution is 2.22. The SMILES string of the molecule is CC(O)c1ccc(NC(=O)CCC(F)(F)F)cc1. The molecule has 0 aliphatic heterocycles. The number of halogens is 3. The summed E-state index contributed by atoms with van der Waals surface area (Å²) in [7, 11) is 0. The first kappa shape index (κ1) is 14.5. The minimum atomic E-state index is -4.33. The van der Waals surface area contributed by atoms with Crippen molar-refractivity contribution < 1.29 is 23.1 Å². The Bertz CT molecular complexity index is 399. The summed E-state index contributed by atoms with van der Waals surface area (Å²) in [6.45, 7) is 1.59. The van der Waals surface area contributed by atoms with Crippen molar-refractivity contribution >= 4 is 11.6 Å². The number of carbonyl (C=O) groups is 1. The molecule has 3 nitrogen and oxygen atoms in total. The van der Waals surface area contributed by atoms with Gasteiger partial charge in [-0.05, 0) is 24.6 Å². The summed E-state index contributed by atoms with van der Waals surface area (Å²) >= 11 is 0. The zero-order valence-electron chi connectivity index (χ0n) is 9.79. The van der Waals surface area contributed by atoms with E-state index in [2.05, 4.69) is 5.32 Å². The van der Waals surface area contributed by atoms with Gasteiger partial charge in [0.05, 0.1) is 12.5 Å². The van der Waals surface area contributed by atoms with E-state index in [1.54, 1.807) is 19.1 Å². The molecule has 2 N–H and O–H groups in total. The molecule has 0 aliphatic carbocycles. The number of nitrogens with one attached hydrogen (secondary N) is 1. The van der Waals surface area contributed by atoms with Crippen LogP contribution in [0.5, 0.6) is 0 Å².